The van der Waals surface area contributed by atoms with Gasteiger partial charge in [-0.2, -0.15) is 0 Å². The number of aromatic nitrogens is 1. The summed E-state index contributed by atoms with van der Waals surface area (Å²) in [6.45, 7) is 1.17. The summed E-state index contributed by atoms with van der Waals surface area (Å²) in [5.41, 5.74) is 5.87. The maximum absolute atomic E-state index is 11.5. The molecule has 1 amide bonds. The van der Waals surface area contributed by atoms with Gasteiger partial charge in [-0.15, -0.1) is 0 Å². The highest BCUT2D eigenvalue weighted by Crippen LogP contribution is 2.12. The normalized spacial score (nSPS) is 10.2. The fourth-order valence-electron chi connectivity index (χ4n) is 1.14. The molecule has 0 atom stereocenters. The third kappa shape index (κ3) is 2.75. The highest BCUT2D eigenvalue weighted by molar-refractivity contribution is 6.31. The van der Waals surface area contributed by atoms with Gasteiger partial charge in [0.25, 0.3) is 5.91 Å². The molecule has 0 spiro atoms. The van der Waals surface area contributed by atoms with Crippen molar-refractivity contribution in [1.82, 2.24) is 9.88 Å². The Bertz CT molecular complexity index is 322. The molecule has 0 aliphatic carbocycles. The topological polar surface area (TPSA) is 60.0 Å². The molecule has 14 heavy (non-hydrogen) atoms. The number of aryl methyl sites for hydroxylation is 1. The monoisotopic (exact) mass is 215 g/mol. The van der Waals surface area contributed by atoms with Crippen LogP contribution in [-0.2, 0) is 7.05 Å². The number of hydrogen-bond donors (Lipinski definition) is 2. The summed E-state index contributed by atoms with van der Waals surface area (Å²) in [6.07, 6.45) is 2.48. The average Bonchev–Trinajstić information content (AvgIpc) is 2.45. The van der Waals surface area contributed by atoms with E-state index in [1.54, 1.807) is 23.9 Å². The fraction of sp³-hybridized carbons (Fsp3) is 0.444. The van der Waals surface area contributed by atoms with Crippen LogP contribution in [0.1, 0.15) is 16.9 Å². The van der Waals surface area contributed by atoms with Crippen LogP contribution in [0.25, 0.3) is 0 Å². The molecule has 78 valence electrons. The summed E-state index contributed by atoms with van der Waals surface area (Å²) in [5, 5.41) is 3.32. The first-order chi connectivity index (χ1) is 6.65. The zero-order valence-corrected chi connectivity index (χ0v) is 8.84. The molecular formula is C9H14ClN3O. The molecular weight excluding hydrogens is 202 g/mol. The minimum atomic E-state index is -0.118. The van der Waals surface area contributed by atoms with E-state index in [2.05, 4.69) is 5.32 Å². The number of hydrogen-bond acceptors (Lipinski definition) is 2. The van der Waals surface area contributed by atoms with Gasteiger partial charge >= 0.3 is 0 Å². The quantitative estimate of drug-likeness (QED) is 0.729. The van der Waals surface area contributed by atoms with Gasteiger partial charge in [-0.05, 0) is 19.0 Å². The van der Waals surface area contributed by atoms with Crippen molar-refractivity contribution in [2.24, 2.45) is 12.8 Å². The van der Waals surface area contributed by atoms with Crippen LogP contribution in [0.15, 0.2) is 12.3 Å². The van der Waals surface area contributed by atoms with Crippen LogP contribution in [0.3, 0.4) is 0 Å². The van der Waals surface area contributed by atoms with Gasteiger partial charge < -0.3 is 15.6 Å². The second kappa shape index (κ2) is 5.02. The van der Waals surface area contributed by atoms with Gasteiger partial charge in [0.05, 0.1) is 5.02 Å². The van der Waals surface area contributed by atoms with Crippen LogP contribution >= 0.6 is 11.6 Å². The minimum absolute atomic E-state index is 0.118. The van der Waals surface area contributed by atoms with E-state index in [0.29, 0.717) is 23.8 Å². The maximum Gasteiger partial charge on any atom is 0.267 e. The summed E-state index contributed by atoms with van der Waals surface area (Å²) < 4.78 is 1.69. The molecule has 3 N–H and O–H groups in total. The largest absolute Gasteiger partial charge is 0.351 e. The molecule has 0 saturated carbocycles. The van der Waals surface area contributed by atoms with Gasteiger partial charge in [0.15, 0.2) is 0 Å². The van der Waals surface area contributed by atoms with Crippen molar-refractivity contribution in [2.45, 2.75) is 6.42 Å². The molecule has 4 nitrogen and oxygen atoms in total. The number of nitrogens with two attached hydrogens (primary N) is 1. The number of carbonyl (C=O) groups is 1. The predicted octanol–water partition coefficient (Wildman–Crippen LogP) is 0.757. The van der Waals surface area contributed by atoms with Gasteiger partial charge in [0.1, 0.15) is 5.69 Å². The Labute approximate surface area is 88.0 Å². The first-order valence-corrected chi connectivity index (χ1v) is 4.83. The van der Waals surface area contributed by atoms with E-state index in [4.69, 9.17) is 17.3 Å². The summed E-state index contributed by atoms with van der Waals surface area (Å²) in [7, 11) is 1.78. The van der Waals surface area contributed by atoms with Gasteiger partial charge in [-0.1, -0.05) is 11.6 Å². The molecule has 0 saturated heterocycles. The molecule has 0 bridgehead atoms. The van der Waals surface area contributed by atoms with Gasteiger partial charge in [-0.25, -0.2) is 0 Å². The minimum Gasteiger partial charge on any atom is -0.351 e. The van der Waals surface area contributed by atoms with Gasteiger partial charge in [0, 0.05) is 19.8 Å². The first-order valence-electron chi connectivity index (χ1n) is 4.45. The Hall–Kier alpha value is -1.00. The molecule has 0 aromatic carbocycles. The van der Waals surface area contributed by atoms with Crippen LogP contribution < -0.4 is 11.1 Å². The average molecular weight is 216 g/mol. The second-order valence-electron chi connectivity index (χ2n) is 3.05. The standard InChI is InChI=1S/C9H14ClN3O/c1-13-6-7(10)5-8(13)9(14)12-4-2-3-11/h5-6H,2-4,11H2,1H3,(H,12,14). The molecule has 1 heterocycles. The van der Waals surface area contributed by atoms with Crippen molar-refractivity contribution in [3.05, 3.63) is 23.0 Å². The van der Waals surface area contributed by atoms with Crippen LogP contribution in [0.4, 0.5) is 0 Å². The Morgan fingerprint density at radius 3 is 2.93 bits per heavy atom. The lowest BCUT2D eigenvalue weighted by Crippen LogP contribution is -2.27. The Morgan fingerprint density at radius 1 is 1.71 bits per heavy atom. The molecule has 1 aromatic rings. The van der Waals surface area contributed by atoms with Gasteiger partial charge in [0.2, 0.25) is 0 Å². The third-order valence-electron chi connectivity index (χ3n) is 1.87. The van der Waals surface area contributed by atoms with E-state index in [1.165, 1.54) is 0 Å². The molecule has 5 heteroatoms. The van der Waals surface area contributed by atoms with Crippen LogP contribution in [0, 0.1) is 0 Å². The first kappa shape index (κ1) is 11.1. The van der Waals surface area contributed by atoms with Crippen LogP contribution in [0.2, 0.25) is 5.02 Å². The summed E-state index contributed by atoms with van der Waals surface area (Å²) in [6, 6.07) is 1.64. The molecule has 1 rings (SSSR count). The van der Waals surface area contributed by atoms with E-state index in [-0.39, 0.29) is 5.91 Å². The van der Waals surface area contributed by atoms with E-state index < -0.39 is 0 Å². The van der Waals surface area contributed by atoms with Crippen molar-refractivity contribution < 1.29 is 4.79 Å². The highest BCUT2D eigenvalue weighted by atomic mass is 35.5. The van der Waals surface area contributed by atoms with E-state index in [0.717, 1.165) is 6.42 Å². The molecule has 0 unspecified atom stereocenters. The predicted molar refractivity (Wildman–Crippen MR) is 56.4 cm³/mol. The van der Waals surface area contributed by atoms with E-state index in [1.807, 2.05) is 0 Å². The zero-order chi connectivity index (χ0) is 10.6. The fourth-order valence-corrected chi connectivity index (χ4v) is 1.39. The third-order valence-corrected chi connectivity index (χ3v) is 2.08. The highest BCUT2D eigenvalue weighted by Gasteiger charge is 2.09. The molecule has 0 aliphatic heterocycles. The number of rotatable bonds is 4. The Balaban J connectivity index is 2.56. The number of nitrogens with one attached hydrogen (secondary N) is 1. The number of amides is 1. The lowest BCUT2D eigenvalue weighted by atomic mass is 10.3. The summed E-state index contributed by atoms with van der Waals surface area (Å²) >= 11 is 5.75. The lowest BCUT2D eigenvalue weighted by molar-refractivity contribution is 0.0945. The van der Waals surface area contributed by atoms with Crippen LogP contribution in [0.5, 0.6) is 0 Å². The smallest absolute Gasteiger partial charge is 0.267 e. The lowest BCUT2D eigenvalue weighted by Gasteiger charge is -2.04. The van der Waals surface area contributed by atoms with Crippen molar-refractivity contribution in [1.29, 1.82) is 0 Å². The zero-order valence-electron chi connectivity index (χ0n) is 8.09. The van der Waals surface area contributed by atoms with Crippen molar-refractivity contribution >= 4 is 17.5 Å². The second-order valence-corrected chi connectivity index (χ2v) is 3.49. The molecule has 0 fully saturated rings. The molecule has 0 radical (unpaired) electrons. The van der Waals surface area contributed by atoms with Crippen molar-refractivity contribution in [3.8, 4) is 0 Å². The van der Waals surface area contributed by atoms with E-state index in [9.17, 15) is 4.79 Å². The molecule has 1 aromatic heterocycles. The van der Waals surface area contributed by atoms with Gasteiger partial charge in [-0.3, -0.25) is 4.79 Å². The number of carbonyl (C=O) groups excluding carboxylic acids is 1. The number of halogens is 1. The Morgan fingerprint density at radius 2 is 2.43 bits per heavy atom. The molecule has 0 aliphatic rings. The SMILES string of the molecule is Cn1cc(Cl)cc1C(=O)NCCCN. The van der Waals surface area contributed by atoms with Crippen molar-refractivity contribution in [3.63, 3.8) is 0 Å². The Kier molecular flexibility index (Phi) is 3.98. The van der Waals surface area contributed by atoms with E-state index >= 15 is 0 Å². The maximum atomic E-state index is 11.5. The summed E-state index contributed by atoms with van der Waals surface area (Å²) in [5.74, 6) is -0.118. The summed E-state index contributed by atoms with van der Waals surface area (Å²) in [4.78, 5) is 11.5. The number of nitrogens with zero attached hydrogens (tertiary/aromatic N) is 1. The van der Waals surface area contributed by atoms with Crippen molar-refractivity contribution in [2.75, 3.05) is 13.1 Å². The van der Waals surface area contributed by atoms with Crippen LogP contribution in [-0.4, -0.2) is 23.6 Å².